The first kappa shape index (κ1) is 23.9. The van der Waals surface area contributed by atoms with Crippen molar-refractivity contribution in [3.05, 3.63) is 70.0 Å². The number of hydrogen-bond donors (Lipinski definition) is 1. The first-order valence-electron chi connectivity index (χ1n) is 10.3. The van der Waals surface area contributed by atoms with Crippen molar-refractivity contribution < 1.29 is 23.8 Å². The summed E-state index contributed by atoms with van der Waals surface area (Å²) in [4.78, 5) is 27.8. The first-order valence-corrected chi connectivity index (χ1v) is 11.1. The Morgan fingerprint density at radius 2 is 1.88 bits per heavy atom. The van der Waals surface area contributed by atoms with Gasteiger partial charge in [-0.25, -0.2) is 9.18 Å². The van der Waals surface area contributed by atoms with E-state index in [4.69, 9.17) is 9.84 Å². The maximum Gasteiger partial charge on any atom is 0.328 e. The number of carboxylic acid groups (broad SMARTS) is 1. The van der Waals surface area contributed by atoms with Gasteiger partial charge in [0.15, 0.2) is 6.61 Å². The zero-order valence-corrected chi connectivity index (χ0v) is 19.6. The molecule has 2 atom stereocenters. The average molecular weight is 505 g/mol. The third kappa shape index (κ3) is 6.40. The Morgan fingerprint density at radius 3 is 2.56 bits per heavy atom. The van der Waals surface area contributed by atoms with Gasteiger partial charge in [-0.05, 0) is 55.8 Å². The number of piperazine rings is 1. The van der Waals surface area contributed by atoms with Gasteiger partial charge in [0.1, 0.15) is 11.6 Å². The molecule has 0 aliphatic carbocycles. The number of halogens is 2. The van der Waals surface area contributed by atoms with Gasteiger partial charge in [0.25, 0.3) is 5.91 Å². The molecule has 8 heteroatoms. The molecule has 0 bridgehead atoms. The quantitative estimate of drug-likeness (QED) is 0.572. The summed E-state index contributed by atoms with van der Waals surface area (Å²) >= 11 is 3.36. The fourth-order valence-electron chi connectivity index (χ4n) is 3.75. The third-order valence-corrected chi connectivity index (χ3v) is 5.96. The lowest BCUT2D eigenvalue weighted by atomic mass is 10.1. The molecule has 2 aromatic carbocycles. The smallest absolute Gasteiger partial charge is 0.328 e. The second-order valence-corrected chi connectivity index (χ2v) is 8.86. The number of ether oxygens (including phenoxy) is 1. The molecule has 0 spiro atoms. The highest BCUT2D eigenvalue weighted by atomic mass is 79.9. The van der Waals surface area contributed by atoms with E-state index in [0.29, 0.717) is 30.9 Å². The van der Waals surface area contributed by atoms with Gasteiger partial charge >= 0.3 is 5.97 Å². The molecular formula is C24H26BrFN2O4. The maximum atomic E-state index is 13.2. The predicted molar refractivity (Wildman–Crippen MR) is 124 cm³/mol. The Hall–Kier alpha value is -2.71. The number of aliphatic carboxylic acids is 1. The van der Waals surface area contributed by atoms with Gasteiger partial charge in [0, 0.05) is 47.8 Å². The van der Waals surface area contributed by atoms with Crippen LogP contribution in [0.25, 0.3) is 6.08 Å². The van der Waals surface area contributed by atoms with Crippen molar-refractivity contribution in [2.24, 2.45) is 0 Å². The molecule has 1 aliphatic heterocycles. The number of carbonyl (C=O) groups excluding carboxylic acids is 1. The average Bonchev–Trinajstić information content (AvgIpc) is 2.75. The topological polar surface area (TPSA) is 70.1 Å². The summed E-state index contributed by atoms with van der Waals surface area (Å²) in [6.07, 6.45) is 2.46. The zero-order valence-electron chi connectivity index (χ0n) is 18.0. The highest BCUT2D eigenvalue weighted by Gasteiger charge is 2.32. The Kier molecular flexibility index (Phi) is 8.04. The Balaban J connectivity index is 1.60. The standard InChI is InChI=1S/C24H26BrFN2O4/c1-16-13-28(17(2)12-27(16)14-18-3-7-21(26)8-4-18)23(29)15-32-22-9-6-20(25)11-19(22)5-10-24(30)31/h3-11,16-17H,12-15H2,1-2H3,(H,30,31)/t16-,17+/m0/s1. The summed E-state index contributed by atoms with van der Waals surface area (Å²) < 4.78 is 19.7. The summed E-state index contributed by atoms with van der Waals surface area (Å²) in [7, 11) is 0. The number of carboxylic acids is 1. The van der Waals surface area contributed by atoms with Gasteiger partial charge in [-0.1, -0.05) is 28.1 Å². The molecule has 0 aromatic heterocycles. The van der Waals surface area contributed by atoms with Crippen LogP contribution < -0.4 is 4.74 Å². The largest absolute Gasteiger partial charge is 0.483 e. The van der Waals surface area contributed by atoms with E-state index in [0.717, 1.165) is 16.1 Å². The molecule has 1 aliphatic rings. The maximum absolute atomic E-state index is 13.2. The highest BCUT2D eigenvalue weighted by Crippen LogP contribution is 2.25. The molecule has 170 valence electrons. The fourth-order valence-corrected chi connectivity index (χ4v) is 4.13. The minimum absolute atomic E-state index is 0.000886. The van der Waals surface area contributed by atoms with Gasteiger partial charge in [-0.15, -0.1) is 0 Å². The van der Waals surface area contributed by atoms with Crippen LogP contribution in [-0.2, 0) is 16.1 Å². The minimum atomic E-state index is -1.06. The van der Waals surface area contributed by atoms with Gasteiger partial charge in [0.05, 0.1) is 0 Å². The summed E-state index contributed by atoms with van der Waals surface area (Å²) in [6, 6.07) is 11.8. The molecule has 0 radical (unpaired) electrons. The molecule has 1 N–H and O–H groups in total. The lowest BCUT2D eigenvalue weighted by molar-refractivity contribution is -0.139. The number of hydrogen-bond acceptors (Lipinski definition) is 4. The number of carbonyl (C=O) groups is 2. The van der Waals surface area contributed by atoms with Crippen molar-refractivity contribution in [3.8, 4) is 5.75 Å². The first-order chi connectivity index (χ1) is 15.2. The zero-order chi connectivity index (χ0) is 23.3. The highest BCUT2D eigenvalue weighted by molar-refractivity contribution is 9.10. The molecule has 2 aromatic rings. The van der Waals surface area contributed by atoms with Crippen LogP contribution in [0.5, 0.6) is 5.75 Å². The molecule has 0 saturated carbocycles. The molecule has 1 heterocycles. The second-order valence-electron chi connectivity index (χ2n) is 7.94. The van der Waals surface area contributed by atoms with Crippen molar-refractivity contribution in [2.75, 3.05) is 19.7 Å². The Labute approximate surface area is 195 Å². The normalized spacial score (nSPS) is 19.3. The molecule has 1 fully saturated rings. The molecule has 6 nitrogen and oxygen atoms in total. The van der Waals surface area contributed by atoms with Crippen LogP contribution in [-0.4, -0.2) is 58.6 Å². The van der Waals surface area contributed by atoms with Gasteiger partial charge in [-0.3, -0.25) is 9.69 Å². The van der Waals surface area contributed by atoms with Crippen LogP contribution in [0.15, 0.2) is 53.0 Å². The predicted octanol–water partition coefficient (Wildman–Crippen LogP) is 4.19. The third-order valence-electron chi connectivity index (χ3n) is 5.46. The Bertz CT molecular complexity index is 996. The van der Waals surface area contributed by atoms with Crippen molar-refractivity contribution >= 4 is 33.9 Å². The monoisotopic (exact) mass is 504 g/mol. The van der Waals surface area contributed by atoms with Crippen LogP contribution >= 0.6 is 15.9 Å². The van der Waals surface area contributed by atoms with Crippen LogP contribution in [0.2, 0.25) is 0 Å². The SMILES string of the molecule is C[C@@H]1CN(Cc2ccc(F)cc2)[C@@H](C)CN1C(=O)COc1ccc(Br)cc1C=CC(=O)O. The van der Waals surface area contributed by atoms with Crippen LogP contribution in [0.4, 0.5) is 4.39 Å². The Morgan fingerprint density at radius 1 is 1.16 bits per heavy atom. The molecule has 32 heavy (non-hydrogen) atoms. The number of nitrogens with zero attached hydrogens (tertiary/aromatic N) is 2. The van der Waals surface area contributed by atoms with Crippen molar-refractivity contribution in [2.45, 2.75) is 32.5 Å². The van der Waals surface area contributed by atoms with Gasteiger partial charge in [0.2, 0.25) is 0 Å². The summed E-state index contributed by atoms with van der Waals surface area (Å²) in [5.74, 6) is -0.997. The van der Waals surface area contributed by atoms with E-state index in [1.807, 2.05) is 11.8 Å². The van der Waals surface area contributed by atoms with Crippen molar-refractivity contribution in [1.29, 1.82) is 0 Å². The number of rotatable bonds is 7. The van der Waals surface area contributed by atoms with Gasteiger partial charge < -0.3 is 14.7 Å². The minimum Gasteiger partial charge on any atom is -0.483 e. The second kappa shape index (κ2) is 10.7. The molecule has 1 amide bonds. The lowest BCUT2D eigenvalue weighted by Crippen LogP contribution is -2.58. The summed E-state index contributed by atoms with van der Waals surface area (Å²) in [6.45, 7) is 5.90. The molecule has 1 saturated heterocycles. The molecule has 3 rings (SSSR count). The lowest BCUT2D eigenvalue weighted by Gasteiger charge is -2.44. The van der Waals surface area contributed by atoms with Crippen molar-refractivity contribution in [1.82, 2.24) is 9.80 Å². The van der Waals surface area contributed by atoms with E-state index >= 15 is 0 Å². The van der Waals surface area contributed by atoms with E-state index in [-0.39, 0.29) is 30.4 Å². The van der Waals surface area contributed by atoms with E-state index in [1.165, 1.54) is 18.2 Å². The number of amides is 1. The van der Waals surface area contributed by atoms with Crippen LogP contribution in [0.3, 0.4) is 0 Å². The van der Waals surface area contributed by atoms with E-state index in [2.05, 4.69) is 27.8 Å². The number of benzene rings is 2. The van der Waals surface area contributed by atoms with Crippen molar-refractivity contribution in [3.63, 3.8) is 0 Å². The fraction of sp³-hybridized carbons (Fsp3) is 0.333. The van der Waals surface area contributed by atoms with Gasteiger partial charge in [-0.2, -0.15) is 0 Å². The summed E-state index contributed by atoms with van der Waals surface area (Å²) in [5.41, 5.74) is 1.60. The van der Waals surface area contributed by atoms with Crippen LogP contribution in [0, 0.1) is 5.82 Å². The summed E-state index contributed by atoms with van der Waals surface area (Å²) in [5, 5.41) is 8.88. The van der Waals surface area contributed by atoms with E-state index < -0.39 is 5.97 Å². The molecular weight excluding hydrogens is 479 g/mol. The molecule has 0 unspecified atom stereocenters. The van der Waals surface area contributed by atoms with Crippen LogP contribution in [0.1, 0.15) is 25.0 Å². The van der Waals surface area contributed by atoms with E-state index in [9.17, 15) is 14.0 Å². The van der Waals surface area contributed by atoms with E-state index in [1.54, 1.807) is 30.3 Å².